The first-order valence-electron chi connectivity index (χ1n) is 7.81. The summed E-state index contributed by atoms with van der Waals surface area (Å²) in [5.74, 6) is 0.833. The minimum absolute atomic E-state index is 0.0395. The van der Waals surface area contributed by atoms with E-state index < -0.39 is 0 Å². The number of rotatable bonds is 4. The highest BCUT2D eigenvalue weighted by Gasteiger charge is 2.28. The van der Waals surface area contributed by atoms with Gasteiger partial charge < -0.3 is 9.64 Å². The number of nitrogens with one attached hydrogen (secondary N) is 1. The van der Waals surface area contributed by atoms with Crippen LogP contribution < -0.4 is 10.1 Å². The number of ketones is 1. The molecule has 7 heteroatoms. The van der Waals surface area contributed by atoms with E-state index in [0.29, 0.717) is 36.6 Å². The molecule has 1 N–H and O–H groups in total. The van der Waals surface area contributed by atoms with E-state index in [1.807, 2.05) is 5.38 Å². The van der Waals surface area contributed by atoms with Crippen LogP contribution >= 0.6 is 11.3 Å². The molecule has 0 atom stereocenters. The first-order chi connectivity index (χ1) is 11.7. The zero-order valence-corrected chi connectivity index (χ0v) is 14.2. The average Bonchev–Trinajstić information content (AvgIpc) is 3.14. The Balaban J connectivity index is 1.54. The van der Waals surface area contributed by atoms with Crippen molar-refractivity contribution < 1.29 is 14.3 Å². The van der Waals surface area contributed by atoms with Crippen LogP contribution in [-0.4, -0.2) is 41.9 Å². The number of piperidine rings is 1. The Bertz CT molecular complexity index is 692. The number of anilines is 1. The Labute approximate surface area is 144 Å². The number of ether oxygens (including phenoxy) is 1. The topological polar surface area (TPSA) is 71.5 Å². The number of hydrogen-bond donors (Lipinski definition) is 1. The van der Waals surface area contributed by atoms with Gasteiger partial charge in [0, 0.05) is 36.1 Å². The van der Waals surface area contributed by atoms with Crippen LogP contribution in [0, 0.1) is 5.92 Å². The molecule has 0 bridgehead atoms. The second kappa shape index (κ2) is 7.44. The number of carbonyl (C=O) groups is 2. The van der Waals surface area contributed by atoms with Gasteiger partial charge in [0.05, 0.1) is 7.11 Å². The predicted molar refractivity (Wildman–Crippen MR) is 92.8 cm³/mol. The fourth-order valence-corrected chi connectivity index (χ4v) is 3.31. The van der Waals surface area contributed by atoms with Crippen molar-refractivity contribution in [3.8, 4) is 5.75 Å². The third-order valence-corrected chi connectivity index (χ3v) is 4.86. The van der Waals surface area contributed by atoms with Crippen molar-refractivity contribution in [1.82, 2.24) is 9.88 Å². The summed E-state index contributed by atoms with van der Waals surface area (Å²) in [6, 6.07) is 7.03. The van der Waals surface area contributed by atoms with Gasteiger partial charge in [-0.15, -0.1) is 11.3 Å². The monoisotopic (exact) mass is 345 g/mol. The molecule has 2 amide bonds. The van der Waals surface area contributed by atoms with Gasteiger partial charge in [0.15, 0.2) is 10.9 Å². The Morgan fingerprint density at radius 3 is 2.54 bits per heavy atom. The van der Waals surface area contributed by atoms with Gasteiger partial charge in [-0.1, -0.05) is 0 Å². The van der Waals surface area contributed by atoms with E-state index >= 15 is 0 Å². The summed E-state index contributed by atoms with van der Waals surface area (Å²) in [5.41, 5.74) is 0.696. The zero-order chi connectivity index (χ0) is 16.9. The standard InChI is InChI=1S/C17H19N3O3S/c1-23-14-4-2-12(3-5-14)15(21)13-6-9-20(10-7-13)17(22)19-16-18-8-11-24-16/h2-5,8,11,13H,6-7,9-10H2,1H3,(H,18,19,22). The lowest BCUT2D eigenvalue weighted by Crippen LogP contribution is -2.42. The van der Waals surface area contributed by atoms with Crippen LogP contribution in [0.2, 0.25) is 0 Å². The molecule has 1 saturated heterocycles. The minimum atomic E-state index is -0.153. The lowest BCUT2D eigenvalue weighted by atomic mass is 9.89. The van der Waals surface area contributed by atoms with Crippen LogP contribution in [0.1, 0.15) is 23.2 Å². The number of hydrogen-bond acceptors (Lipinski definition) is 5. The van der Waals surface area contributed by atoms with Gasteiger partial charge in [0.25, 0.3) is 0 Å². The number of carbonyl (C=O) groups excluding carboxylic acids is 2. The summed E-state index contributed by atoms with van der Waals surface area (Å²) in [4.78, 5) is 30.5. The van der Waals surface area contributed by atoms with Crippen molar-refractivity contribution in [1.29, 1.82) is 0 Å². The average molecular weight is 345 g/mol. The summed E-state index contributed by atoms with van der Waals surface area (Å²) < 4.78 is 5.11. The second-order valence-electron chi connectivity index (χ2n) is 5.62. The Hall–Kier alpha value is -2.41. The maximum Gasteiger partial charge on any atom is 0.323 e. The van der Waals surface area contributed by atoms with E-state index in [0.717, 1.165) is 5.75 Å². The molecule has 1 fully saturated rings. The fourth-order valence-electron chi connectivity index (χ4n) is 2.79. The minimum Gasteiger partial charge on any atom is -0.497 e. The quantitative estimate of drug-likeness (QED) is 0.863. The smallest absolute Gasteiger partial charge is 0.323 e. The molecule has 1 aliphatic rings. The normalized spacial score (nSPS) is 15.1. The number of urea groups is 1. The molecule has 1 aliphatic heterocycles. The fraction of sp³-hybridized carbons (Fsp3) is 0.353. The third-order valence-electron chi connectivity index (χ3n) is 4.17. The van der Waals surface area contributed by atoms with Gasteiger partial charge in [0.1, 0.15) is 5.75 Å². The molecule has 0 aliphatic carbocycles. The van der Waals surface area contributed by atoms with E-state index in [1.165, 1.54) is 11.3 Å². The van der Waals surface area contributed by atoms with Gasteiger partial charge in [-0.05, 0) is 37.1 Å². The maximum atomic E-state index is 12.6. The number of likely N-dealkylation sites (tertiary alicyclic amines) is 1. The van der Waals surface area contributed by atoms with Gasteiger partial charge >= 0.3 is 6.03 Å². The summed E-state index contributed by atoms with van der Waals surface area (Å²) >= 11 is 1.39. The van der Waals surface area contributed by atoms with E-state index in [9.17, 15) is 9.59 Å². The van der Waals surface area contributed by atoms with Gasteiger partial charge in [0.2, 0.25) is 0 Å². The number of methoxy groups -OCH3 is 1. The summed E-state index contributed by atoms with van der Waals surface area (Å²) in [7, 11) is 1.60. The van der Waals surface area contributed by atoms with Crippen molar-refractivity contribution in [2.24, 2.45) is 5.92 Å². The molecule has 0 spiro atoms. The molecule has 2 aromatic rings. The van der Waals surface area contributed by atoms with Crippen LogP contribution in [0.25, 0.3) is 0 Å². The lowest BCUT2D eigenvalue weighted by molar-refractivity contribution is 0.0859. The molecule has 0 radical (unpaired) electrons. The highest BCUT2D eigenvalue weighted by Crippen LogP contribution is 2.23. The number of benzene rings is 1. The molecule has 2 heterocycles. The van der Waals surface area contributed by atoms with E-state index in [1.54, 1.807) is 42.5 Å². The molecule has 0 unspecified atom stereocenters. The first kappa shape index (κ1) is 16.4. The van der Waals surface area contributed by atoms with Crippen LogP contribution in [-0.2, 0) is 0 Å². The second-order valence-corrected chi connectivity index (χ2v) is 6.52. The number of thiazole rings is 1. The van der Waals surface area contributed by atoms with Crippen LogP contribution in [0.15, 0.2) is 35.8 Å². The number of amides is 2. The van der Waals surface area contributed by atoms with Crippen molar-refractivity contribution in [2.75, 3.05) is 25.5 Å². The van der Waals surface area contributed by atoms with Crippen molar-refractivity contribution >= 4 is 28.3 Å². The summed E-state index contributed by atoms with van der Waals surface area (Å²) in [6.07, 6.45) is 3.01. The molecule has 1 aromatic carbocycles. The lowest BCUT2D eigenvalue weighted by Gasteiger charge is -2.31. The van der Waals surface area contributed by atoms with E-state index in [2.05, 4.69) is 10.3 Å². The summed E-state index contributed by atoms with van der Waals surface area (Å²) in [5, 5.41) is 5.18. The number of nitrogens with zero attached hydrogens (tertiary/aromatic N) is 2. The Kier molecular flexibility index (Phi) is 5.10. The maximum absolute atomic E-state index is 12.6. The zero-order valence-electron chi connectivity index (χ0n) is 13.4. The van der Waals surface area contributed by atoms with Gasteiger partial charge in [-0.25, -0.2) is 9.78 Å². The van der Waals surface area contributed by atoms with Crippen LogP contribution in [0.5, 0.6) is 5.75 Å². The molecule has 126 valence electrons. The first-order valence-corrected chi connectivity index (χ1v) is 8.69. The molecule has 6 nitrogen and oxygen atoms in total. The van der Waals surface area contributed by atoms with Crippen LogP contribution in [0.4, 0.5) is 9.93 Å². The van der Waals surface area contributed by atoms with E-state index in [-0.39, 0.29) is 17.7 Å². The molecule has 3 rings (SSSR count). The molecular weight excluding hydrogens is 326 g/mol. The highest BCUT2D eigenvalue weighted by molar-refractivity contribution is 7.13. The molecule has 24 heavy (non-hydrogen) atoms. The molecule has 1 aromatic heterocycles. The van der Waals surface area contributed by atoms with Gasteiger partial charge in [-0.3, -0.25) is 10.1 Å². The van der Waals surface area contributed by atoms with Crippen molar-refractivity contribution in [2.45, 2.75) is 12.8 Å². The largest absolute Gasteiger partial charge is 0.497 e. The van der Waals surface area contributed by atoms with E-state index in [4.69, 9.17) is 4.74 Å². The predicted octanol–water partition coefficient (Wildman–Crippen LogP) is 3.28. The number of aromatic nitrogens is 1. The van der Waals surface area contributed by atoms with Crippen LogP contribution in [0.3, 0.4) is 0 Å². The van der Waals surface area contributed by atoms with Gasteiger partial charge in [-0.2, -0.15) is 0 Å². The van der Waals surface area contributed by atoms with Crippen molar-refractivity contribution in [3.05, 3.63) is 41.4 Å². The Morgan fingerprint density at radius 1 is 1.25 bits per heavy atom. The van der Waals surface area contributed by atoms with Crippen molar-refractivity contribution in [3.63, 3.8) is 0 Å². The molecular formula is C17H19N3O3S. The summed E-state index contributed by atoms with van der Waals surface area (Å²) in [6.45, 7) is 1.15. The highest BCUT2D eigenvalue weighted by atomic mass is 32.1. The third kappa shape index (κ3) is 3.73. The SMILES string of the molecule is COc1ccc(C(=O)C2CCN(C(=O)Nc3nccs3)CC2)cc1. The number of Topliss-reactive ketones (excluding diaryl/α,β-unsaturated/α-hetero) is 1. The molecule has 0 saturated carbocycles. The Morgan fingerprint density at radius 2 is 1.96 bits per heavy atom.